The van der Waals surface area contributed by atoms with Crippen LogP contribution in [0, 0.1) is 0 Å². The van der Waals surface area contributed by atoms with Gasteiger partial charge in [-0.25, -0.2) is 4.98 Å². The summed E-state index contributed by atoms with van der Waals surface area (Å²) >= 11 is 0. The van der Waals surface area contributed by atoms with Crippen molar-refractivity contribution in [2.45, 2.75) is 65.2 Å². The van der Waals surface area contributed by atoms with Gasteiger partial charge in [0.15, 0.2) is 0 Å². The van der Waals surface area contributed by atoms with E-state index in [0.29, 0.717) is 18.1 Å². The summed E-state index contributed by atoms with van der Waals surface area (Å²) in [6, 6.07) is 16.5. The van der Waals surface area contributed by atoms with Crippen molar-refractivity contribution in [1.82, 2.24) is 9.88 Å². The molecule has 0 unspecified atom stereocenters. The predicted molar refractivity (Wildman–Crippen MR) is 106 cm³/mol. The number of pyridine rings is 1. The molecule has 2 aromatic rings. The van der Waals surface area contributed by atoms with Crippen LogP contribution in [-0.2, 0) is 6.54 Å². The van der Waals surface area contributed by atoms with Crippen LogP contribution in [0.5, 0.6) is 0 Å². The maximum Gasteiger partial charge on any atom is 0.133 e. The molecule has 1 atom stereocenters. The number of rotatable bonds is 6. The van der Waals surface area contributed by atoms with Crippen molar-refractivity contribution in [3.8, 4) is 0 Å². The van der Waals surface area contributed by atoms with Gasteiger partial charge in [-0.2, -0.15) is 0 Å². The van der Waals surface area contributed by atoms with Gasteiger partial charge >= 0.3 is 0 Å². The minimum absolute atomic E-state index is 0.442. The van der Waals surface area contributed by atoms with Crippen LogP contribution in [0.1, 0.15) is 57.7 Å². The quantitative estimate of drug-likeness (QED) is 0.736. The Labute approximate surface area is 152 Å². The fourth-order valence-electron chi connectivity index (χ4n) is 4.16. The number of benzene rings is 1. The standard InChI is InChI=1S/C22H31N3/c1-17(2)25(18(3)4)22-20(12-8-14-23-22)21-13-9-15-24(21)16-19-10-6-5-7-11-19/h5-8,10-12,14,17-18,21H,9,13,15-16H2,1-4H3/t21-/m0/s1. The van der Waals surface area contributed by atoms with Gasteiger partial charge < -0.3 is 4.90 Å². The van der Waals surface area contributed by atoms with Crippen molar-refractivity contribution >= 4 is 5.82 Å². The van der Waals surface area contributed by atoms with Gasteiger partial charge in [-0.1, -0.05) is 36.4 Å². The lowest BCUT2D eigenvalue weighted by atomic mass is 10.0. The molecule has 0 saturated carbocycles. The smallest absolute Gasteiger partial charge is 0.133 e. The number of hydrogen-bond acceptors (Lipinski definition) is 3. The lowest BCUT2D eigenvalue weighted by Gasteiger charge is -2.36. The third kappa shape index (κ3) is 4.04. The van der Waals surface area contributed by atoms with Crippen molar-refractivity contribution in [2.24, 2.45) is 0 Å². The van der Waals surface area contributed by atoms with Gasteiger partial charge in [0, 0.05) is 36.4 Å². The molecule has 0 N–H and O–H groups in total. The summed E-state index contributed by atoms with van der Waals surface area (Å²) in [6.07, 6.45) is 4.41. The van der Waals surface area contributed by atoms with E-state index in [1.165, 1.54) is 24.0 Å². The highest BCUT2D eigenvalue weighted by Crippen LogP contribution is 2.38. The van der Waals surface area contributed by atoms with E-state index in [4.69, 9.17) is 4.98 Å². The van der Waals surface area contributed by atoms with Gasteiger partial charge in [0.05, 0.1) is 0 Å². The Hall–Kier alpha value is -1.87. The molecular weight excluding hydrogens is 306 g/mol. The fourth-order valence-corrected chi connectivity index (χ4v) is 4.16. The lowest BCUT2D eigenvalue weighted by molar-refractivity contribution is 0.248. The molecule has 1 saturated heterocycles. The minimum atomic E-state index is 0.442. The number of nitrogens with zero attached hydrogens (tertiary/aromatic N) is 3. The average molecular weight is 338 g/mol. The molecule has 0 aliphatic carbocycles. The molecule has 3 nitrogen and oxygen atoms in total. The molecule has 0 spiro atoms. The van der Waals surface area contributed by atoms with Crippen LogP contribution in [0.25, 0.3) is 0 Å². The summed E-state index contributed by atoms with van der Waals surface area (Å²) in [7, 11) is 0. The molecule has 1 aromatic carbocycles. The Morgan fingerprint density at radius 2 is 1.76 bits per heavy atom. The van der Waals surface area contributed by atoms with Crippen LogP contribution >= 0.6 is 0 Å². The van der Waals surface area contributed by atoms with Crippen molar-refractivity contribution < 1.29 is 0 Å². The van der Waals surface area contributed by atoms with Crippen LogP contribution in [0.4, 0.5) is 5.82 Å². The van der Waals surface area contributed by atoms with Crippen LogP contribution in [0.15, 0.2) is 48.7 Å². The Bertz CT molecular complexity index is 658. The van der Waals surface area contributed by atoms with Crippen LogP contribution in [-0.4, -0.2) is 28.5 Å². The summed E-state index contributed by atoms with van der Waals surface area (Å²) < 4.78 is 0. The van der Waals surface area contributed by atoms with Gasteiger partial charge in [-0.3, -0.25) is 4.90 Å². The van der Waals surface area contributed by atoms with E-state index in [1.807, 2.05) is 6.20 Å². The van der Waals surface area contributed by atoms with E-state index < -0.39 is 0 Å². The maximum atomic E-state index is 4.81. The zero-order valence-corrected chi connectivity index (χ0v) is 16.0. The summed E-state index contributed by atoms with van der Waals surface area (Å²) in [5.41, 5.74) is 2.78. The number of hydrogen-bond donors (Lipinski definition) is 0. The molecule has 1 aliphatic rings. The van der Waals surface area contributed by atoms with Crippen molar-refractivity contribution in [1.29, 1.82) is 0 Å². The summed E-state index contributed by atoms with van der Waals surface area (Å²) in [5.74, 6) is 1.16. The van der Waals surface area contributed by atoms with Crippen LogP contribution in [0.2, 0.25) is 0 Å². The molecule has 134 valence electrons. The van der Waals surface area contributed by atoms with Gasteiger partial charge in [-0.05, 0) is 58.7 Å². The molecule has 25 heavy (non-hydrogen) atoms. The molecular formula is C22H31N3. The molecule has 3 heteroatoms. The Morgan fingerprint density at radius 1 is 1.04 bits per heavy atom. The molecule has 1 aromatic heterocycles. The zero-order chi connectivity index (χ0) is 17.8. The average Bonchev–Trinajstić information content (AvgIpc) is 3.03. The van der Waals surface area contributed by atoms with Gasteiger partial charge in [0.25, 0.3) is 0 Å². The Morgan fingerprint density at radius 3 is 2.44 bits per heavy atom. The second-order valence-corrected chi connectivity index (χ2v) is 7.63. The van der Waals surface area contributed by atoms with Crippen molar-refractivity contribution in [3.05, 3.63) is 59.8 Å². The van der Waals surface area contributed by atoms with E-state index >= 15 is 0 Å². The maximum absolute atomic E-state index is 4.81. The largest absolute Gasteiger partial charge is 0.351 e. The van der Waals surface area contributed by atoms with Crippen molar-refractivity contribution in [3.63, 3.8) is 0 Å². The minimum Gasteiger partial charge on any atom is -0.351 e. The predicted octanol–water partition coefficient (Wildman–Crippen LogP) is 5.04. The first-order valence-electron chi connectivity index (χ1n) is 9.59. The van der Waals surface area contributed by atoms with E-state index in [1.54, 1.807) is 0 Å². The second kappa shape index (κ2) is 8.01. The summed E-state index contributed by atoms with van der Waals surface area (Å²) in [4.78, 5) is 9.88. The molecule has 0 amide bonds. The third-order valence-electron chi connectivity index (χ3n) is 5.13. The van der Waals surface area contributed by atoms with Crippen LogP contribution < -0.4 is 4.90 Å². The Kier molecular flexibility index (Phi) is 5.74. The van der Waals surface area contributed by atoms with E-state index in [-0.39, 0.29) is 0 Å². The first-order valence-corrected chi connectivity index (χ1v) is 9.59. The molecule has 3 rings (SSSR count). The highest BCUT2D eigenvalue weighted by atomic mass is 15.2. The van der Waals surface area contributed by atoms with Gasteiger partial charge in [0.1, 0.15) is 5.82 Å². The van der Waals surface area contributed by atoms with Gasteiger partial charge in [-0.15, -0.1) is 0 Å². The number of aromatic nitrogens is 1. The van der Waals surface area contributed by atoms with Gasteiger partial charge in [0.2, 0.25) is 0 Å². The first kappa shape index (κ1) is 17.9. The Balaban J connectivity index is 1.90. The van der Waals surface area contributed by atoms with Crippen molar-refractivity contribution in [2.75, 3.05) is 11.4 Å². The van der Waals surface area contributed by atoms with E-state index in [0.717, 1.165) is 18.9 Å². The first-order chi connectivity index (χ1) is 12.1. The van der Waals surface area contributed by atoms with E-state index in [9.17, 15) is 0 Å². The van der Waals surface area contributed by atoms with Crippen LogP contribution in [0.3, 0.4) is 0 Å². The molecule has 1 fully saturated rings. The molecule has 0 bridgehead atoms. The normalized spacial score (nSPS) is 18.2. The highest BCUT2D eigenvalue weighted by Gasteiger charge is 2.30. The third-order valence-corrected chi connectivity index (χ3v) is 5.13. The molecule has 0 radical (unpaired) electrons. The monoisotopic (exact) mass is 337 g/mol. The lowest BCUT2D eigenvalue weighted by Crippen LogP contribution is -2.39. The number of likely N-dealkylation sites (tertiary alicyclic amines) is 1. The molecule has 2 heterocycles. The number of anilines is 1. The fraction of sp³-hybridized carbons (Fsp3) is 0.500. The zero-order valence-electron chi connectivity index (χ0n) is 16.0. The summed E-state index contributed by atoms with van der Waals surface area (Å²) in [6.45, 7) is 11.2. The topological polar surface area (TPSA) is 19.4 Å². The van der Waals surface area contributed by atoms with E-state index in [2.05, 4.69) is 80.0 Å². The molecule has 1 aliphatic heterocycles. The SMILES string of the molecule is CC(C)N(c1ncccc1[C@@H]1CCCN1Cc1ccccc1)C(C)C. The second-order valence-electron chi connectivity index (χ2n) is 7.63. The highest BCUT2D eigenvalue weighted by molar-refractivity contribution is 5.50. The summed E-state index contributed by atoms with van der Waals surface area (Å²) in [5, 5.41) is 0.